The number of hydrogen-bond donors (Lipinski definition) is 1. The minimum atomic E-state index is -3.71. The summed E-state index contributed by atoms with van der Waals surface area (Å²) in [6.45, 7) is 0.545. The van der Waals surface area contributed by atoms with E-state index in [1.807, 2.05) is 0 Å². The lowest BCUT2D eigenvalue weighted by Gasteiger charge is -2.17. The lowest BCUT2D eigenvalue weighted by Crippen LogP contribution is -2.30. The molecule has 27 heavy (non-hydrogen) atoms. The van der Waals surface area contributed by atoms with Gasteiger partial charge in [-0.15, -0.1) is 0 Å². The van der Waals surface area contributed by atoms with Crippen molar-refractivity contribution < 1.29 is 22.0 Å². The molecule has 0 aliphatic carbocycles. The van der Waals surface area contributed by atoms with Crippen LogP contribution in [-0.4, -0.2) is 38.8 Å². The fourth-order valence-electron chi connectivity index (χ4n) is 2.50. The Morgan fingerprint density at radius 3 is 2.44 bits per heavy atom. The molecular formula is C19H22F2N2O3S. The first-order valence-corrected chi connectivity index (χ1v) is 9.96. The highest BCUT2D eigenvalue weighted by molar-refractivity contribution is 7.89. The van der Waals surface area contributed by atoms with Gasteiger partial charge in [0.2, 0.25) is 15.9 Å². The van der Waals surface area contributed by atoms with Gasteiger partial charge in [-0.2, -0.15) is 0 Å². The van der Waals surface area contributed by atoms with E-state index in [0.29, 0.717) is 19.4 Å². The molecule has 8 heteroatoms. The van der Waals surface area contributed by atoms with Crippen molar-refractivity contribution >= 4 is 15.9 Å². The Hall–Kier alpha value is -2.32. The lowest BCUT2D eigenvalue weighted by molar-refractivity contribution is -0.121. The van der Waals surface area contributed by atoms with Gasteiger partial charge in [-0.25, -0.2) is 21.5 Å². The predicted molar refractivity (Wildman–Crippen MR) is 98.6 cm³/mol. The molecule has 0 heterocycles. The van der Waals surface area contributed by atoms with Gasteiger partial charge in [0.1, 0.15) is 11.6 Å². The molecule has 2 aromatic rings. The third-order valence-corrected chi connectivity index (χ3v) is 5.89. The Bertz CT molecular complexity index is 871. The molecule has 1 amide bonds. The van der Waals surface area contributed by atoms with Crippen LogP contribution >= 0.6 is 0 Å². The van der Waals surface area contributed by atoms with Crippen molar-refractivity contribution in [2.24, 2.45) is 0 Å². The lowest BCUT2D eigenvalue weighted by atomic mass is 10.1. The van der Waals surface area contributed by atoms with Crippen LogP contribution in [0.15, 0.2) is 53.4 Å². The average molecular weight is 396 g/mol. The predicted octanol–water partition coefficient (Wildman–Crippen LogP) is 2.72. The molecule has 0 fully saturated rings. The molecule has 0 radical (unpaired) electrons. The van der Waals surface area contributed by atoms with Gasteiger partial charge in [-0.1, -0.05) is 12.1 Å². The number of halogens is 2. The van der Waals surface area contributed by atoms with Crippen LogP contribution in [0.25, 0.3) is 0 Å². The quantitative estimate of drug-likeness (QED) is 0.709. The molecule has 5 nitrogen and oxygen atoms in total. The highest BCUT2D eigenvalue weighted by Crippen LogP contribution is 2.15. The first kappa shape index (κ1) is 21.0. The first-order valence-electron chi connectivity index (χ1n) is 8.52. The summed E-state index contributed by atoms with van der Waals surface area (Å²) < 4.78 is 51.8. The van der Waals surface area contributed by atoms with Crippen LogP contribution in [0.2, 0.25) is 0 Å². The molecule has 0 atom stereocenters. The molecule has 146 valence electrons. The molecule has 2 aromatic carbocycles. The van der Waals surface area contributed by atoms with E-state index >= 15 is 0 Å². The largest absolute Gasteiger partial charge is 0.356 e. The molecule has 0 spiro atoms. The number of sulfonamides is 1. The molecule has 0 aromatic heterocycles. The van der Waals surface area contributed by atoms with Crippen molar-refractivity contribution in [1.29, 1.82) is 0 Å². The molecule has 0 bridgehead atoms. The maximum Gasteiger partial charge on any atom is 0.242 e. The number of rotatable bonds is 9. The van der Waals surface area contributed by atoms with E-state index in [1.54, 1.807) is 12.1 Å². The Balaban J connectivity index is 1.73. The van der Waals surface area contributed by atoms with Crippen LogP contribution in [0.1, 0.15) is 18.4 Å². The van der Waals surface area contributed by atoms with Crippen LogP contribution in [-0.2, 0) is 21.2 Å². The molecule has 0 saturated carbocycles. The summed E-state index contributed by atoms with van der Waals surface area (Å²) in [6.07, 6.45) is 1.04. The van der Waals surface area contributed by atoms with Crippen molar-refractivity contribution in [3.63, 3.8) is 0 Å². The standard InChI is InChI=1S/C19H22F2N2O3S/c1-23(27(25,26)18-9-7-16(20)8-10-18)13-3-6-19(24)22-12-11-15-4-2-5-17(21)14-15/h2,4-5,7-10,14H,3,6,11-13H2,1H3,(H,22,24). The van der Waals surface area contributed by atoms with Gasteiger partial charge in [-0.3, -0.25) is 4.79 Å². The number of carbonyl (C=O) groups excluding carboxylic acids is 1. The number of nitrogens with zero attached hydrogens (tertiary/aromatic N) is 1. The van der Waals surface area contributed by atoms with Gasteiger partial charge in [0.05, 0.1) is 4.90 Å². The van der Waals surface area contributed by atoms with E-state index in [9.17, 15) is 22.0 Å². The highest BCUT2D eigenvalue weighted by Gasteiger charge is 2.20. The summed E-state index contributed by atoms with van der Waals surface area (Å²) in [6, 6.07) is 10.8. The van der Waals surface area contributed by atoms with Crippen molar-refractivity contribution in [1.82, 2.24) is 9.62 Å². The van der Waals surface area contributed by atoms with E-state index in [4.69, 9.17) is 0 Å². The van der Waals surface area contributed by atoms with E-state index in [1.165, 1.54) is 31.3 Å². The zero-order valence-corrected chi connectivity index (χ0v) is 15.8. The van der Waals surface area contributed by atoms with Gasteiger partial charge < -0.3 is 5.32 Å². The molecular weight excluding hydrogens is 374 g/mol. The maximum atomic E-state index is 13.1. The van der Waals surface area contributed by atoms with Crippen LogP contribution in [0.5, 0.6) is 0 Å². The highest BCUT2D eigenvalue weighted by atomic mass is 32.2. The van der Waals surface area contributed by atoms with E-state index in [0.717, 1.165) is 22.0 Å². The monoisotopic (exact) mass is 396 g/mol. The zero-order chi connectivity index (χ0) is 19.9. The van der Waals surface area contributed by atoms with Gasteiger partial charge >= 0.3 is 0 Å². The van der Waals surface area contributed by atoms with Crippen LogP contribution in [0, 0.1) is 11.6 Å². The molecule has 2 rings (SSSR count). The van der Waals surface area contributed by atoms with Crippen molar-refractivity contribution in [2.75, 3.05) is 20.1 Å². The minimum Gasteiger partial charge on any atom is -0.356 e. The first-order chi connectivity index (χ1) is 12.8. The van der Waals surface area contributed by atoms with Crippen LogP contribution in [0.4, 0.5) is 8.78 Å². The fourth-order valence-corrected chi connectivity index (χ4v) is 3.71. The van der Waals surface area contributed by atoms with Crippen molar-refractivity contribution in [3.8, 4) is 0 Å². The summed E-state index contributed by atoms with van der Waals surface area (Å²) in [5.41, 5.74) is 0.792. The fraction of sp³-hybridized carbons (Fsp3) is 0.316. The Labute approximate surface area is 158 Å². The third-order valence-electron chi connectivity index (χ3n) is 4.02. The zero-order valence-electron chi connectivity index (χ0n) is 15.0. The molecule has 0 aliphatic rings. The maximum absolute atomic E-state index is 13.1. The van der Waals surface area contributed by atoms with Gasteiger partial charge in [0.15, 0.2) is 0 Å². The minimum absolute atomic E-state index is 0.00550. The smallest absolute Gasteiger partial charge is 0.242 e. The van der Waals surface area contributed by atoms with Crippen molar-refractivity contribution in [3.05, 3.63) is 65.7 Å². The summed E-state index contributed by atoms with van der Waals surface area (Å²) in [4.78, 5) is 11.8. The summed E-state index contributed by atoms with van der Waals surface area (Å²) >= 11 is 0. The number of benzene rings is 2. The summed E-state index contributed by atoms with van der Waals surface area (Å²) in [5.74, 6) is -1.02. The summed E-state index contributed by atoms with van der Waals surface area (Å²) in [5, 5.41) is 2.73. The van der Waals surface area contributed by atoms with Crippen LogP contribution < -0.4 is 5.32 Å². The Morgan fingerprint density at radius 2 is 1.78 bits per heavy atom. The molecule has 1 N–H and O–H groups in total. The van der Waals surface area contributed by atoms with E-state index < -0.39 is 15.8 Å². The van der Waals surface area contributed by atoms with Crippen LogP contribution in [0.3, 0.4) is 0 Å². The number of nitrogens with one attached hydrogen (secondary N) is 1. The van der Waals surface area contributed by atoms with Gasteiger partial charge in [0.25, 0.3) is 0 Å². The molecule has 0 saturated heterocycles. The summed E-state index contributed by atoms with van der Waals surface area (Å²) in [7, 11) is -2.29. The Kier molecular flexibility index (Phi) is 7.44. The second kappa shape index (κ2) is 9.57. The second-order valence-corrected chi connectivity index (χ2v) is 8.16. The van der Waals surface area contributed by atoms with Gasteiger partial charge in [-0.05, 0) is 54.8 Å². The number of carbonyl (C=O) groups is 1. The van der Waals surface area contributed by atoms with E-state index in [-0.39, 0.29) is 29.6 Å². The third kappa shape index (κ3) is 6.41. The van der Waals surface area contributed by atoms with Crippen molar-refractivity contribution in [2.45, 2.75) is 24.2 Å². The van der Waals surface area contributed by atoms with Gasteiger partial charge in [0, 0.05) is 26.6 Å². The SMILES string of the molecule is CN(CCCC(=O)NCCc1cccc(F)c1)S(=O)(=O)c1ccc(F)cc1. The molecule has 0 aliphatic heterocycles. The molecule has 0 unspecified atom stereocenters. The number of hydrogen-bond acceptors (Lipinski definition) is 3. The topological polar surface area (TPSA) is 66.5 Å². The number of amides is 1. The second-order valence-electron chi connectivity index (χ2n) is 6.11. The average Bonchev–Trinajstić information content (AvgIpc) is 2.62. The Morgan fingerprint density at radius 1 is 1.07 bits per heavy atom. The van der Waals surface area contributed by atoms with E-state index in [2.05, 4.69) is 5.32 Å². The normalized spacial score (nSPS) is 11.6.